The summed E-state index contributed by atoms with van der Waals surface area (Å²) >= 11 is 5.11. The molecule has 0 saturated carbocycles. The molecule has 0 bridgehead atoms. The highest BCUT2D eigenvalue weighted by Crippen LogP contribution is 2.27. The number of nitrogens with two attached hydrogens (primary N) is 2. The molecular weight excluding hydrogens is 260 g/mol. The number of carbonyl (C=O) groups is 1. The molecule has 2 heterocycles. The molecule has 1 aromatic rings. The number of piperidine rings is 1. The summed E-state index contributed by atoms with van der Waals surface area (Å²) < 4.78 is 0. The van der Waals surface area contributed by atoms with Gasteiger partial charge in [-0.2, -0.15) is 0 Å². The number of rotatable bonds is 3. The monoisotopic (exact) mass is 278 g/mol. The van der Waals surface area contributed by atoms with Gasteiger partial charge in [-0.3, -0.25) is 4.79 Å². The molecule has 0 aliphatic carbocycles. The lowest BCUT2D eigenvalue weighted by Gasteiger charge is -2.35. The molecule has 6 heteroatoms. The molecule has 0 spiro atoms. The summed E-state index contributed by atoms with van der Waals surface area (Å²) in [5.41, 5.74) is 13.0. The number of hydrogen-bond donors (Lipinski definition) is 2. The molecule has 0 radical (unpaired) electrons. The molecule has 1 atom stereocenters. The first-order chi connectivity index (χ1) is 9.02. The Balaban J connectivity index is 2.47. The van der Waals surface area contributed by atoms with Crippen LogP contribution in [0, 0.1) is 6.92 Å². The van der Waals surface area contributed by atoms with E-state index in [0.717, 1.165) is 36.9 Å². The van der Waals surface area contributed by atoms with Crippen LogP contribution in [0.1, 0.15) is 30.4 Å². The number of nitrogens with zero attached hydrogens (tertiary/aromatic N) is 2. The van der Waals surface area contributed by atoms with Gasteiger partial charge in [0.25, 0.3) is 0 Å². The first kappa shape index (κ1) is 13.7. The van der Waals surface area contributed by atoms with Gasteiger partial charge in [-0.25, -0.2) is 4.98 Å². The van der Waals surface area contributed by atoms with Gasteiger partial charge < -0.3 is 16.4 Å². The van der Waals surface area contributed by atoms with Gasteiger partial charge >= 0.3 is 0 Å². The zero-order valence-electron chi connectivity index (χ0n) is 10.9. The SMILES string of the molecule is Cc1ccnc(N2CCCCC2C(N)=O)c1C(N)=S. The zero-order valence-corrected chi connectivity index (χ0v) is 11.7. The number of pyridine rings is 1. The number of amides is 1. The minimum atomic E-state index is -0.323. The highest BCUT2D eigenvalue weighted by molar-refractivity contribution is 7.80. The summed E-state index contributed by atoms with van der Waals surface area (Å²) in [7, 11) is 0. The molecule has 0 aromatic carbocycles. The quantitative estimate of drug-likeness (QED) is 0.801. The summed E-state index contributed by atoms with van der Waals surface area (Å²) in [6, 6.07) is 1.54. The predicted octanol–water partition coefficient (Wildman–Crippen LogP) is 0.868. The van der Waals surface area contributed by atoms with Crippen LogP contribution in [0.4, 0.5) is 5.82 Å². The number of thiocarbonyl (C=S) groups is 1. The van der Waals surface area contributed by atoms with Gasteiger partial charge in [0.2, 0.25) is 5.91 Å². The second-order valence-corrected chi connectivity index (χ2v) is 5.24. The maximum Gasteiger partial charge on any atom is 0.240 e. The minimum absolute atomic E-state index is 0.300. The Morgan fingerprint density at radius 3 is 2.84 bits per heavy atom. The molecule has 102 valence electrons. The van der Waals surface area contributed by atoms with Crippen LogP contribution in [0.3, 0.4) is 0 Å². The second kappa shape index (κ2) is 5.52. The van der Waals surface area contributed by atoms with E-state index in [1.807, 2.05) is 17.9 Å². The third-order valence-corrected chi connectivity index (χ3v) is 3.69. The van der Waals surface area contributed by atoms with Crippen LogP contribution in [0.5, 0.6) is 0 Å². The Kier molecular flexibility index (Phi) is 3.99. The molecule has 19 heavy (non-hydrogen) atoms. The van der Waals surface area contributed by atoms with Crippen molar-refractivity contribution < 1.29 is 4.79 Å². The van der Waals surface area contributed by atoms with Crippen molar-refractivity contribution >= 4 is 28.9 Å². The maximum atomic E-state index is 11.6. The van der Waals surface area contributed by atoms with Crippen LogP contribution in [0.25, 0.3) is 0 Å². The van der Waals surface area contributed by atoms with Crippen LogP contribution in [-0.4, -0.2) is 28.5 Å². The van der Waals surface area contributed by atoms with Gasteiger partial charge in [0.05, 0.1) is 5.56 Å². The molecule has 1 unspecified atom stereocenters. The number of carbonyl (C=O) groups excluding carboxylic acids is 1. The molecule has 1 aliphatic rings. The van der Waals surface area contributed by atoms with Crippen molar-refractivity contribution in [1.29, 1.82) is 0 Å². The van der Waals surface area contributed by atoms with Crippen LogP contribution >= 0.6 is 12.2 Å². The lowest BCUT2D eigenvalue weighted by Crippen LogP contribution is -2.48. The standard InChI is InChI=1S/C13H18N4OS/c1-8-5-6-16-13(10(8)12(15)19)17-7-3-2-4-9(17)11(14)18/h5-6,9H,2-4,7H2,1H3,(H2,14,18)(H2,15,19). The van der Waals surface area contributed by atoms with Crippen LogP contribution in [-0.2, 0) is 4.79 Å². The lowest BCUT2D eigenvalue weighted by molar-refractivity contribution is -0.119. The van der Waals surface area contributed by atoms with E-state index < -0.39 is 0 Å². The van der Waals surface area contributed by atoms with E-state index in [2.05, 4.69) is 4.98 Å². The molecule has 1 aliphatic heterocycles. The largest absolute Gasteiger partial charge is 0.389 e. The van der Waals surface area contributed by atoms with Crippen LogP contribution in [0.2, 0.25) is 0 Å². The first-order valence-electron chi connectivity index (χ1n) is 6.33. The van der Waals surface area contributed by atoms with Crippen molar-refractivity contribution in [3.05, 3.63) is 23.4 Å². The zero-order chi connectivity index (χ0) is 14.0. The van der Waals surface area contributed by atoms with Crippen molar-refractivity contribution in [3.63, 3.8) is 0 Å². The van der Waals surface area contributed by atoms with Crippen molar-refractivity contribution in [1.82, 2.24) is 4.98 Å². The fraction of sp³-hybridized carbons (Fsp3) is 0.462. The summed E-state index contributed by atoms with van der Waals surface area (Å²) in [5.74, 6) is 0.355. The van der Waals surface area contributed by atoms with Crippen molar-refractivity contribution in [2.75, 3.05) is 11.4 Å². The molecule has 4 N–H and O–H groups in total. The topological polar surface area (TPSA) is 85.2 Å². The highest BCUT2D eigenvalue weighted by atomic mass is 32.1. The highest BCUT2D eigenvalue weighted by Gasteiger charge is 2.30. The Morgan fingerprint density at radius 1 is 1.47 bits per heavy atom. The lowest BCUT2D eigenvalue weighted by atomic mass is 10.00. The summed E-state index contributed by atoms with van der Waals surface area (Å²) in [6.07, 6.45) is 4.47. The average molecular weight is 278 g/mol. The number of hydrogen-bond acceptors (Lipinski definition) is 4. The fourth-order valence-corrected chi connectivity index (χ4v) is 2.80. The number of aryl methyl sites for hydroxylation is 1. The van der Waals surface area contributed by atoms with Gasteiger partial charge in [-0.1, -0.05) is 12.2 Å². The van der Waals surface area contributed by atoms with Gasteiger partial charge in [0.15, 0.2) is 0 Å². The number of anilines is 1. The predicted molar refractivity (Wildman–Crippen MR) is 79.0 cm³/mol. The Labute approximate surface area is 118 Å². The van der Waals surface area contributed by atoms with E-state index in [1.54, 1.807) is 6.20 Å². The second-order valence-electron chi connectivity index (χ2n) is 4.80. The molecule has 1 fully saturated rings. The third kappa shape index (κ3) is 2.68. The van der Waals surface area contributed by atoms with Crippen LogP contribution < -0.4 is 16.4 Å². The summed E-state index contributed by atoms with van der Waals surface area (Å²) in [4.78, 5) is 18.2. The molecule has 5 nitrogen and oxygen atoms in total. The van der Waals surface area contributed by atoms with E-state index in [9.17, 15) is 4.79 Å². The van der Waals surface area contributed by atoms with Gasteiger partial charge in [0.1, 0.15) is 16.8 Å². The van der Waals surface area contributed by atoms with Gasteiger partial charge in [0, 0.05) is 12.7 Å². The average Bonchev–Trinajstić information content (AvgIpc) is 2.37. The molecule has 1 saturated heterocycles. The Morgan fingerprint density at radius 2 is 2.21 bits per heavy atom. The van der Waals surface area contributed by atoms with Crippen LogP contribution in [0.15, 0.2) is 12.3 Å². The third-order valence-electron chi connectivity index (χ3n) is 3.49. The van der Waals surface area contributed by atoms with Crippen molar-refractivity contribution in [2.24, 2.45) is 11.5 Å². The first-order valence-corrected chi connectivity index (χ1v) is 6.74. The van der Waals surface area contributed by atoms with Crippen molar-refractivity contribution in [3.8, 4) is 0 Å². The molecule has 1 amide bonds. The fourth-order valence-electron chi connectivity index (χ4n) is 2.55. The van der Waals surface area contributed by atoms with Gasteiger partial charge in [-0.05, 0) is 37.8 Å². The molecule has 2 rings (SSSR count). The maximum absolute atomic E-state index is 11.6. The smallest absolute Gasteiger partial charge is 0.240 e. The van der Waals surface area contributed by atoms with E-state index >= 15 is 0 Å². The molecule has 1 aromatic heterocycles. The summed E-state index contributed by atoms with van der Waals surface area (Å²) in [6.45, 7) is 2.68. The van der Waals surface area contributed by atoms with Crippen molar-refractivity contribution in [2.45, 2.75) is 32.2 Å². The van der Waals surface area contributed by atoms with E-state index in [0.29, 0.717) is 10.8 Å². The van der Waals surface area contributed by atoms with E-state index in [4.69, 9.17) is 23.7 Å². The molecular formula is C13H18N4OS. The van der Waals surface area contributed by atoms with Gasteiger partial charge in [-0.15, -0.1) is 0 Å². The number of aromatic nitrogens is 1. The minimum Gasteiger partial charge on any atom is -0.389 e. The number of primary amides is 1. The Hall–Kier alpha value is -1.69. The normalized spacial score (nSPS) is 19.2. The van der Waals surface area contributed by atoms with E-state index in [-0.39, 0.29) is 11.9 Å². The Bertz CT molecular complexity index is 517. The summed E-state index contributed by atoms with van der Waals surface area (Å²) in [5, 5.41) is 0. The van der Waals surface area contributed by atoms with E-state index in [1.165, 1.54) is 0 Å².